The van der Waals surface area contributed by atoms with Crippen LogP contribution in [0.1, 0.15) is 53.1 Å². The zero-order chi connectivity index (χ0) is 26.6. The standard InChI is InChI=1S/C30H33ClN2O4S/c1-20(24-9-4-5-10-25(24)31)36-27-19-28(38-29(27)30(34)35-3)33-15-7-6-8-21-11-12-23(18-26(21)33)37-22-13-16-32(2)17-14-22/h4-5,7,9-12,15,18-20,22H,6,8,13-14,16-17H2,1-3H3/t20-/m1/s1. The molecule has 1 atom stereocenters. The van der Waals surface area contributed by atoms with Gasteiger partial charge in [0.25, 0.3) is 0 Å². The molecule has 0 bridgehead atoms. The molecule has 3 heterocycles. The number of fused-ring (bicyclic) bond motifs is 1. The fraction of sp³-hybridized carbons (Fsp3) is 0.367. The highest BCUT2D eigenvalue weighted by molar-refractivity contribution is 7.18. The van der Waals surface area contributed by atoms with E-state index in [0.29, 0.717) is 15.6 Å². The minimum atomic E-state index is -0.430. The number of ether oxygens (including phenoxy) is 3. The third-order valence-corrected chi connectivity index (χ3v) is 8.50. The molecule has 2 aliphatic heterocycles. The number of anilines is 2. The summed E-state index contributed by atoms with van der Waals surface area (Å²) in [4.78, 5) is 17.6. The van der Waals surface area contributed by atoms with Crippen LogP contribution in [0.3, 0.4) is 0 Å². The van der Waals surface area contributed by atoms with E-state index in [-0.39, 0.29) is 12.2 Å². The Kier molecular flexibility index (Phi) is 8.27. The van der Waals surface area contributed by atoms with Crippen LogP contribution in [0.25, 0.3) is 0 Å². The second-order valence-electron chi connectivity index (χ2n) is 9.76. The molecule has 0 amide bonds. The van der Waals surface area contributed by atoms with Crippen molar-refractivity contribution in [2.24, 2.45) is 0 Å². The molecule has 2 aromatic carbocycles. The number of piperidine rings is 1. The summed E-state index contributed by atoms with van der Waals surface area (Å²) in [6.45, 7) is 4.02. The second kappa shape index (κ2) is 11.8. The minimum absolute atomic E-state index is 0.220. The van der Waals surface area contributed by atoms with Crippen LogP contribution in [0.2, 0.25) is 5.02 Å². The molecular weight excluding hydrogens is 520 g/mol. The lowest BCUT2D eigenvalue weighted by Gasteiger charge is -2.30. The predicted octanol–water partition coefficient (Wildman–Crippen LogP) is 7.40. The summed E-state index contributed by atoms with van der Waals surface area (Å²) < 4.78 is 17.8. The van der Waals surface area contributed by atoms with E-state index in [2.05, 4.69) is 47.3 Å². The van der Waals surface area contributed by atoms with Crippen molar-refractivity contribution in [3.63, 3.8) is 0 Å². The number of hydrogen-bond acceptors (Lipinski definition) is 7. The molecular formula is C30H33ClN2O4S. The topological polar surface area (TPSA) is 51.2 Å². The van der Waals surface area contributed by atoms with E-state index >= 15 is 0 Å². The van der Waals surface area contributed by atoms with E-state index in [0.717, 1.165) is 60.8 Å². The number of carbonyl (C=O) groups is 1. The molecule has 5 rings (SSSR count). The fourth-order valence-electron chi connectivity index (χ4n) is 4.90. The van der Waals surface area contributed by atoms with Crippen molar-refractivity contribution in [1.82, 2.24) is 4.90 Å². The molecule has 200 valence electrons. The molecule has 8 heteroatoms. The number of carbonyl (C=O) groups excluding carboxylic acids is 1. The normalized spacial score (nSPS) is 17.0. The molecule has 38 heavy (non-hydrogen) atoms. The zero-order valence-corrected chi connectivity index (χ0v) is 23.6. The van der Waals surface area contributed by atoms with Gasteiger partial charge in [-0.05, 0) is 57.4 Å². The van der Waals surface area contributed by atoms with E-state index in [1.165, 1.54) is 24.0 Å². The number of likely N-dealkylation sites (tertiary alicyclic amines) is 1. The van der Waals surface area contributed by atoms with Gasteiger partial charge in [-0.25, -0.2) is 4.79 Å². The van der Waals surface area contributed by atoms with Gasteiger partial charge in [0.2, 0.25) is 0 Å². The van der Waals surface area contributed by atoms with Crippen LogP contribution in [0.15, 0.2) is 60.8 Å². The summed E-state index contributed by atoms with van der Waals surface area (Å²) >= 11 is 7.76. The van der Waals surface area contributed by atoms with Gasteiger partial charge < -0.3 is 24.0 Å². The number of thiophene rings is 1. The van der Waals surface area contributed by atoms with Crippen LogP contribution < -0.4 is 14.4 Å². The van der Waals surface area contributed by atoms with E-state index in [1.54, 1.807) is 0 Å². The first kappa shape index (κ1) is 26.6. The van der Waals surface area contributed by atoms with Crippen molar-refractivity contribution in [3.8, 4) is 11.5 Å². The lowest BCUT2D eigenvalue weighted by Crippen LogP contribution is -2.35. The third kappa shape index (κ3) is 5.85. The molecule has 0 saturated carbocycles. The number of methoxy groups -OCH3 is 1. The molecule has 0 radical (unpaired) electrons. The first-order valence-electron chi connectivity index (χ1n) is 13.0. The maximum atomic E-state index is 12.7. The number of allylic oxidation sites excluding steroid dienone is 1. The Morgan fingerprint density at radius 2 is 1.92 bits per heavy atom. The van der Waals surface area contributed by atoms with Crippen molar-refractivity contribution in [1.29, 1.82) is 0 Å². The first-order valence-corrected chi connectivity index (χ1v) is 14.2. The Labute approximate surface area is 233 Å². The van der Waals surface area contributed by atoms with E-state index in [4.69, 9.17) is 25.8 Å². The highest BCUT2D eigenvalue weighted by Crippen LogP contribution is 2.44. The Bertz CT molecular complexity index is 1320. The van der Waals surface area contributed by atoms with Gasteiger partial charge in [-0.15, -0.1) is 11.3 Å². The first-order chi connectivity index (χ1) is 18.4. The molecule has 1 saturated heterocycles. The van der Waals surface area contributed by atoms with Crippen molar-refractivity contribution >= 4 is 39.6 Å². The minimum Gasteiger partial charge on any atom is -0.490 e. The Hall–Kier alpha value is -3.00. The number of nitrogens with zero attached hydrogens (tertiary/aromatic N) is 2. The molecule has 6 nitrogen and oxygen atoms in total. The molecule has 0 spiro atoms. The van der Waals surface area contributed by atoms with Crippen LogP contribution >= 0.6 is 22.9 Å². The molecule has 0 aliphatic carbocycles. The highest BCUT2D eigenvalue weighted by atomic mass is 35.5. The van der Waals surface area contributed by atoms with Crippen LogP contribution in [0.4, 0.5) is 10.7 Å². The van der Waals surface area contributed by atoms with E-state index in [1.807, 2.05) is 37.3 Å². The van der Waals surface area contributed by atoms with Crippen LogP contribution in [0.5, 0.6) is 11.5 Å². The SMILES string of the molecule is COC(=O)c1sc(N2C=CCCc3ccc(OC4CCN(C)CC4)cc32)cc1O[C@H](C)c1ccccc1Cl. The number of esters is 1. The molecule has 0 N–H and O–H groups in total. The van der Waals surface area contributed by atoms with Gasteiger partial charge in [0.15, 0.2) is 4.88 Å². The molecule has 1 fully saturated rings. The Morgan fingerprint density at radius 1 is 1.13 bits per heavy atom. The van der Waals surface area contributed by atoms with Gasteiger partial charge in [-0.1, -0.05) is 41.9 Å². The Balaban J connectivity index is 1.46. The van der Waals surface area contributed by atoms with Crippen molar-refractivity contribution in [2.45, 2.75) is 44.8 Å². The average Bonchev–Trinajstić information content (AvgIpc) is 3.21. The summed E-state index contributed by atoms with van der Waals surface area (Å²) in [5.74, 6) is 0.912. The molecule has 3 aromatic rings. The van der Waals surface area contributed by atoms with E-state index in [9.17, 15) is 4.79 Å². The predicted molar refractivity (Wildman–Crippen MR) is 153 cm³/mol. The number of rotatable bonds is 7. The van der Waals surface area contributed by atoms with Crippen LogP contribution in [-0.2, 0) is 11.2 Å². The van der Waals surface area contributed by atoms with Crippen molar-refractivity contribution in [3.05, 3.63) is 81.8 Å². The number of halogens is 1. The maximum absolute atomic E-state index is 12.7. The zero-order valence-electron chi connectivity index (χ0n) is 22.0. The highest BCUT2D eigenvalue weighted by Gasteiger charge is 2.26. The van der Waals surface area contributed by atoms with Gasteiger partial charge >= 0.3 is 5.97 Å². The quantitative estimate of drug-likeness (QED) is 0.285. The maximum Gasteiger partial charge on any atom is 0.351 e. The van der Waals surface area contributed by atoms with Gasteiger partial charge in [0.05, 0.1) is 12.8 Å². The lowest BCUT2D eigenvalue weighted by molar-refractivity contribution is 0.0600. The van der Waals surface area contributed by atoms with E-state index < -0.39 is 5.97 Å². The van der Waals surface area contributed by atoms with Crippen molar-refractivity contribution < 1.29 is 19.0 Å². The number of benzene rings is 2. The van der Waals surface area contributed by atoms with Crippen molar-refractivity contribution in [2.75, 3.05) is 32.1 Å². The van der Waals surface area contributed by atoms with Crippen LogP contribution in [-0.4, -0.2) is 44.2 Å². The smallest absolute Gasteiger partial charge is 0.351 e. The number of hydrogen-bond donors (Lipinski definition) is 0. The molecule has 1 aromatic heterocycles. The fourth-order valence-corrected chi connectivity index (χ4v) is 6.20. The molecule has 0 unspecified atom stereocenters. The lowest BCUT2D eigenvalue weighted by atomic mass is 10.1. The Morgan fingerprint density at radius 3 is 2.68 bits per heavy atom. The molecule has 2 aliphatic rings. The van der Waals surface area contributed by atoms with Gasteiger partial charge in [0, 0.05) is 42.0 Å². The summed E-state index contributed by atoms with van der Waals surface area (Å²) in [7, 11) is 3.54. The van der Waals surface area contributed by atoms with Crippen LogP contribution in [0, 0.1) is 0 Å². The number of aryl methyl sites for hydroxylation is 1. The summed E-state index contributed by atoms with van der Waals surface area (Å²) in [5, 5.41) is 1.49. The van der Waals surface area contributed by atoms with Gasteiger partial charge in [-0.2, -0.15) is 0 Å². The van der Waals surface area contributed by atoms with Gasteiger partial charge in [-0.3, -0.25) is 0 Å². The summed E-state index contributed by atoms with van der Waals surface area (Å²) in [6, 6.07) is 15.8. The summed E-state index contributed by atoms with van der Waals surface area (Å²) in [6.07, 6.45) is 8.00. The monoisotopic (exact) mass is 552 g/mol. The largest absolute Gasteiger partial charge is 0.490 e. The summed E-state index contributed by atoms with van der Waals surface area (Å²) in [5.41, 5.74) is 3.13. The second-order valence-corrected chi connectivity index (χ2v) is 11.2. The third-order valence-electron chi connectivity index (χ3n) is 7.06. The van der Waals surface area contributed by atoms with Gasteiger partial charge in [0.1, 0.15) is 28.7 Å². The average molecular weight is 553 g/mol.